The Bertz CT molecular complexity index is 466. The first-order chi connectivity index (χ1) is 6.18. The van der Waals surface area contributed by atoms with Crippen molar-refractivity contribution in [2.75, 3.05) is 0 Å². The van der Waals surface area contributed by atoms with E-state index < -0.39 is 0 Å². The summed E-state index contributed by atoms with van der Waals surface area (Å²) in [6.07, 6.45) is 0. The van der Waals surface area contributed by atoms with Crippen LogP contribution in [0.25, 0.3) is 10.8 Å². The Hall–Kier alpha value is -0.970. The summed E-state index contributed by atoms with van der Waals surface area (Å²) in [6.45, 7) is 0. The standard InChI is InChI=1S/C10H7IO2/c11-8-4-6-2-1-3-9(12)7(6)5-10(8)13/h1-5,12-13H. The number of aromatic hydroxyl groups is 2. The first-order valence-corrected chi connectivity index (χ1v) is 4.86. The number of rotatable bonds is 0. The van der Waals surface area contributed by atoms with Gasteiger partial charge in [0.1, 0.15) is 11.5 Å². The Labute approximate surface area is 89.0 Å². The number of fused-ring (bicyclic) bond motifs is 1. The van der Waals surface area contributed by atoms with E-state index in [1.54, 1.807) is 18.2 Å². The molecule has 0 aliphatic rings. The molecule has 0 saturated heterocycles. The zero-order chi connectivity index (χ0) is 9.42. The maximum Gasteiger partial charge on any atom is 0.129 e. The zero-order valence-electron chi connectivity index (χ0n) is 6.66. The molecule has 2 aromatic rings. The third-order valence-corrected chi connectivity index (χ3v) is 2.79. The van der Waals surface area contributed by atoms with Crippen molar-refractivity contribution < 1.29 is 10.2 Å². The normalized spacial score (nSPS) is 10.5. The lowest BCUT2D eigenvalue weighted by Crippen LogP contribution is -1.77. The number of hydrogen-bond acceptors (Lipinski definition) is 2. The Balaban J connectivity index is 2.89. The van der Waals surface area contributed by atoms with Gasteiger partial charge in [-0.25, -0.2) is 0 Å². The number of hydrogen-bond donors (Lipinski definition) is 2. The van der Waals surface area contributed by atoms with Gasteiger partial charge in [0.2, 0.25) is 0 Å². The van der Waals surface area contributed by atoms with Crippen molar-refractivity contribution in [1.29, 1.82) is 0 Å². The van der Waals surface area contributed by atoms with Crippen LogP contribution >= 0.6 is 22.6 Å². The number of phenols is 2. The van der Waals surface area contributed by atoms with Crippen molar-refractivity contribution in [1.82, 2.24) is 0 Å². The summed E-state index contributed by atoms with van der Waals surface area (Å²) in [6, 6.07) is 8.70. The van der Waals surface area contributed by atoms with Crippen molar-refractivity contribution in [3.05, 3.63) is 33.9 Å². The van der Waals surface area contributed by atoms with Gasteiger partial charge in [-0.05, 0) is 46.2 Å². The first-order valence-electron chi connectivity index (χ1n) is 3.78. The van der Waals surface area contributed by atoms with Gasteiger partial charge in [-0.15, -0.1) is 0 Å². The van der Waals surface area contributed by atoms with Gasteiger partial charge < -0.3 is 10.2 Å². The Kier molecular flexibility index (Phi) is 2.03. The second-order valence-electron chi connectivity index (χ2n) is 2.80. The minimum Gasteiger partial charge on any atom is -0.507 e. The Morgan fingerprint density at radius 3 is 2.54 bits per heavy atom. The molecule has 0 aliphatic carbocycles. The SMILES string of the molecule is Oc1cc2c(O)cccc2cc1I. The fraction of sp³-hybridized carbons (Fsp3) is 0. The topological polar surface area (TPSA) is 40.5 Å². The van der Waals surface area contributed by atoms with Crippen LogP contribution in [0.2, 0.25) is 0 Å². The molecule has 2 aromatic carbocycles. The second kappa shape index (κ2) is 3.06. The molecule has 0 heterocycles. The minimum atomic E-state index is 0.198. The lowest BCUT2D eigenvalue weighted by Gasteiger charge is -2.02. The molecule has 0 atom stereocenters. The Morgan fingerprint density at radius 2 is 1.77 bits per heavy atom. The van der Waals surface area contributed by atoms with Gasteiger partial charge in [0.05, 0.1) is 3.57 Å². The van der Waals surface area contributed by atoms with Crippen LogP contribution < -0.4 is 0 Å². The predicted octanol–water partition coefficient (Wildman–Crippen LogP) is 2.86. The van der Waals surface area contributed by atoms with Crippen LogP contribution in [0.15, 0.2) is 30.3 Å². The van der Waals surface area contributed by atoms with Gasteiger partial charge in [0.25, 0.3) is 0 Å². The van der Waals surface area contributed by atoms with Gasteiger partial charge in [-0.2, -0.15) is 0 Å². The lowest BCUT2D eigenvalue weighted by molar-refractivity contribution is 0.469. The molecule has 2 nitrogen and oxygen atoms in total. The lowest BCUT2D eigenvalue weighted by atomic mass is 10.1. The summed E-state index contributed by atoms with van der Waals surface area (Å²) in [4.78, 5) is 0. The fourth-order valence-electron chi connectivity index (χ4n) is 1.27. The summed E-state index contributed by atoms with van der Waals surface area (Å²) in [5.74, 6) is 0.402. The third-order valence-electron chi connectivity index (χ3n) is 1.92. The average molecular weight is 286 g/mol. The smallest absolute Gasteiger partial charge is 0.129 e. The maximum absolute atomic E-state index is 9.47. The summed E-state index contributed by atoms with van der Waals surface area (Å²) < 4.78 is 0.788. The van der Waals surface area contributed by atoms with Crippen LogP contribution in [0.1, 0.15) is 0 Å². The molecule has 2 rings (SSSR count). The Morgan fingerprint density at radius 1 is 1.00 bits per heavy atom. The molecule has 3 heteroatoms. The summed E-state index contributed by atoms with van der Waals surface area (Å²) in [7, 11) is 0. The van der Waals surface area contributed by atoms with E-state index in [-0.39, 0.29) is 11.5 Å². The number of phenolic OH excluding ortho intramolecular Hbond substituents is 2. The summed E-state index contributed by atoms with van der Waals surface area (Å²) in [5.41, 5.74) is 0. The molecule has 0 unspecified atom stereocenters. The minimum absolute atomic E-state index is 0.198. The number of halogens is 1. The second-order valence-corrected chi connectivity index (χ2v) is 3.96. The maximum atomic E-state index is 9.47. The summed E-state index contributed by atoms with van der Waals surface area (Å²) in [5, 5.41) is 20.5. The van der Waals surface area contributed by atoms with Crippen LogP contribution in [0.5, 0.6) is 11.5 Å². The van der Waals surface area contributed by atoms with Crippen molar-refractivity contribution in [3.8, 4) is 11.5 Å². The van der Waals surface area contributed by atoms with Crippen molar-refractivity contribution >= 4 is 33.4 Å². The van der Waals surface area contributed by atoms with Crippen LogP contribution in [-0.2, 0) is 0 Å². The average Bonchev–Trinajstić information content (AvgIpc) is 2.09. The van der Waals surface area contributed by atoms with E-state index in [9.17, 15) is 10.2 Å². The quantitative estimate of drug-likeness (QED) is 0.731. The predicted molar refractivity (Wildman–Crippen MR) is 60.0 cm³/mol. The molecule has 0 saturated carbocycles. The molecule has 66 valence electrons. The van der Waals surface area contributed by atoms with Crippen molar-refractivity contribution in [2.45, 2.75) is 0 Å². The monoisotopic (exact) mass is 286 g/mol. The van der Waals surface area contributed by atoms with E-state index in [0.717, 1.165) is 8.96 Å². The van der Waals surface area contributed by atoms with Crippen molar-refractivity contribution in [3.63, 3.8) is 0 Å². The molecule has 0 bridgehead atoms. The van der Waals surface area contributed by atoms with E-state index in [0.29, 0.717) is 5.39 Å². The molecule has 0 aromatic heterocycles. The summed E-state index contributed by atoms with van der Waals surface area (Å²) >= 11 is 2.05. The molecule has 13 heavy (non-hydrogen) atoms. The third kappa shape index (κ3) is 1.44. The van der Waals surface area contributed by atoms with Gasteiger partial charge in [0, 0.05) is 5.39 Å². The van der Waals surface area contributed by atoms with E-state index in [4.69, 9.17) is 0 Å². The van der Waals surface area contributed by atoms with Gasteiger partial charge >= 0.3 is 0 Å². The highest BCUT2D eigenvalue weighted by atomic mass is 127. The molecule has 2 N–H and O–H groups in total. The molecule has 0 spiro atoms. The number of benzene rings is 2. The van der Waals surface area contributed by atoms with Gasteiger partial charge in [-0.1, -0.05) is 12.1 Å². The largest absolute Gasteiger partial charge is 0.507 e. The highest BCUT2D eigenvalue weighted by Gasteiger charge is 2.03. The molecule has 0 amide bonds. The highest BCUT2D eigenvalue weighted by Crippen LogP contribution is 2.31. The highest BCUT2D eigenvalue weighted by molar-refractivity contribution is 14.1. The molecule has 0 radical (unpaired) electrons. The van der Waals surface area contributed by atoms with Crippen LogP contribution in [-0.4, -0.2) is 10.2 Å². The molecule has 0 fully saturated rings. The zero-order valence-corrected chi connectivity index (χ0v) is 8.82. The van der Waals surface area contributed by atoms with E-state index in [1.807, 2.05) is 12.1 Å². The van der Waals surface area contributed by atoms with E-state index in [1.165, 1.54) is 0 Å². The van der Waals surface area contributed by atoms with E-state index in [2.05, 4.69) is 22.6 Å². The van der Waals surface area contributed by atoms with Crippen LogP contribution in [0, 0.1) is 3.57 Å². The van der Waals surface area contributed by atoms with Crippen LogP contribution in [0.3, 0.4) is 0 Å². The van der Waals surface area contributed by atoms with Gasteiger partial charge in [-0.3, -0.25) is 0 Å². The first kappa shape index (κ1) is 8.62. The fourth-order valence-corrected chi connectivity index (χ4v) is 1.76. The molecule has 0 aliphatic heterocycles. The molecular weight excluding hydrogens is 279 g/mol. The molecular formula is C10H7IO2. The van der Waals surface area contributed by atoms with Crippen LogP contribution in [0.4, 0.5) is 0 Å². The van der Waals surface area contributed by atoms with E-state index >= 15 is 0 Å². The van der Waals surface area contributed by atoms with Crippen molar-refractivity contribution in [2.24, 2.45) is 0 Å². The van der Waals surface area contributed by atoms with Gasteiger partial charge in [0.15, 0.2) is 0 Å².